The van der Waals surface area contributed by atoms with Crippen LogP contribution in [0.4, 0.5) is 5.82 Å². The largest absolute Gasteiger partial charge is 0.352 e. The minimum absolute atomic E-state index is 0.0847. The molecule has 1 fully saturated rings. The molecule has 8 heteroatoms. The molecule has 1 saturated heterocycles. The van der Waals surface area contributed by atoms with Gasteiger partial charge in [0.05, 0.1) is 16.7 Å². The van der Waals surface area contributed by atoms with E-state index in [2.05, 4.69) is 27.2 Å². The number of carbonyl (C=O) groups excluding carboxylic acids is 1. The number of aromatic nitrogens is 4. The first-order valence-corrected chi connectivity index (χ1v) is 11.0. The summed E-state index contributed by atoms with van der Waals surface area (Å²) < 4.78 is 3.64. The van der Waals surface area contributed by atoms with Crippen LogP contribution in [0.3, 0.4) is 0 Å². The lowest BCUT2D eigenvalue weighted by Crippen LogP contribution is -2.33. The van der Waals surface area contributed by atoms with Gasteiger partial charge in [0.15, 0.2) is 5.82 Å². The zero-order valence-corrected chi connectivity index (χ0v) is 18.5. The Balaban J connectivity index is 1.51. The molecule has 0 unspecified atom stereocenters. The number of benzene rings is 1. The Morgan fingerprint density at radius 2 is 1.90 bits per heavy atom. The summed E-state index contributed by atoms with van der Waals surface area (Å²) in [7, 11) is 0. The third-order valence-electron chi connectivity index (χ3n) is 6.10. The molecular formula is C23H30N6O2. The molecule has 1 N–H and O–H groups in total. The van der Waals surface area contributed by atoms with E-state index in [1.165, 1.54) is 0 Å². The zero-order valence-electron chi connectivity index (χ0n) is 18.5. The van der Waals surface area contributed by atoms with Gasteiger partial charge in [0, 0.05) is 50.4 Å². The van der Waals surface area contributed by atoms with Crippen LogP contribution in [-0.4, -0.2) is 38.3 Å². The lowest BCUT2D eigenvalue weighted by molar-refractivity contribution is -0.121. The number of hydrogen-bond acceptors (Lipinski definition) is 5. The van der Waals surface area contributed by atoms with E-state index in [-0.39, 0.29) is 17.9 Å². The summed E-state index contributed by atoms with van der Waals surface area (Å²) >= 11 is 0. The van der Waals surface area contributed by atoms with Crippen molar-refractivity contribution in [1.82, 2.24) is 24.6 Å². The van der Waals surface area contributed by atoms with Crippen molar-refractivity contribution < 1.29 is 4.79 Å². The van der Waals surface area contributed by atoms with Crippen molar-refractivity contribution in [2.75, 3.05) is 18.0 Å². The van der Waals surface area contributed by atoms with E-state index >= 15 is 0 Å². The van der Waals surface area contributed by atoms with E-state index in [0.29, 0.717) is 18.9 Å². The number of fused-ring (bicyclic) bond motifs is 1. The highest BCUT2D eigenvalue weighted by Gasteiger charge is 2.20. The van der Waals surface area contributed by atoms with Crippen LogP contribution < -0.4 is 15.8 Å². The van der Waals surface area contributed by atoms with Gasteiger partial charge in [-0.2, -0.15) is 5.10 Å². The summed E-state index contributed by atoms with van der Waals surface area (Å²) in [6, 6.07) is 7.63. The highest BCUT2D eigenvalue weighted by atomic mass is 16.2. The number of rotatable bonds is 7. The first kappa shape index (κ1) is 21.1. The second-order valence-corrected chi connectivity index (χ2v) is 8.07. The fraction of sp³-hybridized carbons (Fsp3) is 0.478. The van der Waals surface area contributed by atoms with Crippen LogP contribution in [0.15, 0.2) is 29.1 Å². The van der Waals surface area contributed by atoms with Crippen LogP contribution in [0.25, 0.3) is 11.0 Å². The van der Waals surface area contributed by atoms with Gasteiger partial charge in [-0.25, -0.2) is 4.98 Å². The summed E-state index contributed by atoms with van der Waals surface area (Å²) in [4.78, 5) is 32.5. The monoisotopic (exact) mass is 422 g/mol. The maximum atomic E-state index is 13.2. The second kappa shape index (κ2) is 8.91. The minimum Gasteiger partial charge on any atom is -0.352 e. The molecule has 8 nitrogen and oxygen atoms in total. The Kier molecular flexibility index (Phi) is 6.06. The molecular weight excluding hydrogens is 392 g/mol. The molecule has 1 aliphatic heterocycles. The average Bonchev–Trinajstić information content (AvgIpc) is 3.39. The van der Waals surface area contributed by atoms with E-state index in [1.54, 1.807) is 4.57 Å². The molecule has 0 bridgehead atoms. The topological polar surface area (TPSA) is 85.0 Å². The van der Waals surface area contributed by atoms with Gasteiger partial charge in [-0.05, 0) is 45.7 Å². The Morgan fingerprint density at radius 3 is 2.61 bits per heavy atom. The third-order valence-corrected chi connectivity index (χ3v) is 6.10. The molecule has 3 aromatic rings. The third kappa shape index (κ3) is 4.19. The Morgan fingerprint density at radius 1 is 1.16 bits per heavy atom. The molecule has 0 radical (unpaired) electrons. The molecule has 2 aromatic heterocycles. The van der Waals surface area contributed by atoms with Gasteiger partial charge >= 0.3 is 0 Å². The Labute approximate surface area is 181 Å². The molecule has 31 heavy (non-hydrogen) atoms. The molecule has 4 rings (SSSR count). The minimum atomic E-state index is -0.121. The van der Waals surface area contributed by atoms with Crippen LogP contribution in [0.5, 0.6) is 0 Å². The maximum Gasteiger partial charge on any atom is 0.294 e. The zero-order chi connectivity index (χ0) is 22.0. The van der Waals surface area contributed by atoms with Gasteiger partial charge in [0.25, 0.3) is 5.56 Å². The van der Waals surface area contributed by atoms with Gasteiger partial charge in [-0.15, -0.1) is 0 Å². The van der Waals surface area contributed by atoms with Crippen LogP contribution in [-0.2, 0) is 24.4 Å². The molecule has 0 atom stereocenters. The number of carbonyl (C=O) groups is 1. The number of nitrogens with zero attached hydrogens (tertiary/aromatic N) is 5. The summed E-state index contributed by atoms with van der Waals surface area (Å²) in [6.45, 7) is 9.31. The Bertz CT molecular complexity index is 1160. The number of aryl methyl sites for hydroxylation is 3. The molecule has 1 aromatic carbocycles. The Hall–Kier alpha value is -3.16. The van der Waals surface area contributed by atoms with Gasteiger partial charge in [-0.3, -0.25) is 14.3 Å². The fourth-order valence-electron chi connectivity index (χ4n) is 4.32. The second-order valence-electron chi connectivity index (χ2n) is 8.07. The average molecular weight is 423 g/mol. The van der Waals surface area contributed by atoms with Gasteiger partial charge in [-0.1, -0.05) is 12.1 Å². The summed E-state index contributed by atoms with van der Waals surface area (Å²) in [5, 5.41) is 7.49. The first-order chi connectivity index (χ1) is 15.0. The molecule has 0 saturated carbocycles. The molecule has 3 heterocycles. The predicted octanol–water partition coefficient (Wildman–Crippen LogP) is 2.54. The summed E-state index contributed by atoms with van der Waals surface area (Å²) in [5.41, 5.74) is 4.49. The maximum absolute atomic E-state index is 13.2. The van der Waals surface area contributed by atoms with E-state index in [9.17, 15) is 9.59 Å². The van der Waals surface area contributed by atoms with Crippen molar-refractivity contribution in [3.05, 3.63) is 51.6 Å². The van der Waals surface area contributed by atoms with E-state index in [4.69, 9.17) is 0 Å². The number of hydrogen-bond donors (Lipinski definition) is 1. The molecule has 164 valence electrons. The quantitative estimate of drug-likeness (QED) is 0.632. The lowest BCUT2D eigenvalue weighted by atomic mass is 10.2. The molecule has 1 aliphatic rings. The molecule has 0 spiro atoms. The standard InChI is InChI=1S/C23H30N6O2/c1-4-29-17(3)18(16(2)26-29)15-24-21(30)11-14-28-20-10-6-5-9-19(20)25-22(23(28)31)27-12-7-8-13-27/h5-6,9-10H,4,7-8,11-15H2,1-3H3,(H,24,30). The van der Waals surface area contributed by atoms with Crippen molar-refractivity contribution in [2.24, 2.45) is 0 Å². The predicted molar refractivity (Wildman–Crippen MR) is 121 cm³/mol. The van der Waals surface area contributed by atoms with E-state index in [1.807, 2.05) is 42.8 Å². The molecule has 0 aliphatic carbocycles. The van der Waals surface area contributed by atoms with E-state index in [0.717, 1.165) is 60.5 Å². The van der Waals surface area contributed by atoms with Crippen LogP contribution in [0.1, 0.15) is 43.1 Å². The molecule has 1 amide bonds. The highest BCUT2D eigenvalue weighted by Crippen LogP contribution is 2.18. The van der Waals surface area contributed by atoms with Crippen molar-refractivity contribution in [3.63, 3.8) is 0 Å². The lowest BCUT2D eigenvalue weighted by Gasteiger charge is -2.19. The van der Waals surface area contributed by atoms with Crippen molar-refractivity contribution in [2.45, 2.75) is 59.7 Å². The van der Waals surface area contributed by atoms with Gasteiger partial charge in [0.2, 0.25) is 5.91 Å². The normalized spacial score (nSPS) is 13.8. The summed E-state index contributed by atoms with van der Waals surface area (Å²) in [5.74, 6) is 0.411. The van der Waals surface area contributed by atoms with Crippen LogP contribution in [0, 0.1) is 13.8 Å². The highest BCUT2D eigenvalue weighted by molar-refractivity contribution is 5.78. The number of para-hydroxylation sites is 2. The smallest absolute Gasteiger partial charge is 0.294 e. The van der Waals surface area contributed by atoms with Crippen molar-refractivity contribution >= 4 is 22.8 Å². The number of nitrogens with one attached hydrogen (secondary N) is 1. The fourth-order valence-corrected chi connectivity index (χ4v) is 4.32. The van der Waals surface area contributed by atoms with Crippen LogP contribution in [0.2, 0.25) is 0 Å². The van der Waals surface area contributed by atoms with Gasteiger partial charge in [0.1, 0.15) is 0 Å². The number of anilines is 1. The van der Waals surface area contributed by atoms with Gasteiger partial charge < -0.3 is 14.8 Å². The van der Waals surface area contributed by atoms with E-state index < -0.39 is 0 Å². The number of amides is 1. The van der Waals surface area contributed by atoms with Crippen LogP contribution >= 0.6 is 0 Å². The SMILES string of the molecule is CCn1nc(C)c(CNC(=O)CCn2c(=O)c(N3CCCC3)nc3ccccc32)c1C. The van der Waals surface area contributed by atoms with Crippen molar-refractivity contribution in [1.29, 1.82) is 0 Å². The first-order valence-electron chi connectivity index (χ1n) is 11.0. The van der Waals surface area contributed by atoms with Crippen molar-refractivity contribution in [3.8, 4) is 0 Å². The summed E-state index contributed by atoms with van der Waals surface area (Å²) in [6.07, 6.45) is 2.38.